The molecular formula is C19H17N3O2. The molecule has 4 rings (SSSR count). The molecule has 2 aromatic heterocycles. The van der Waals surface area contributed by atoms with Crippen molar-refractivity contribution in [2.45, 2.75) is 13.5 Å². The van der Waals surface area contributed by atoms with Crippen LogP contribution in [0.2, 0.25) is 0 Å². The smallest absolute Gasteiger partial charge is 0.161 e. The number of aliphatic hydroxyl groups is 1. The van der Waals surface area contributed by atoms with E-state index >= 15 is 0 Å². The molecule has 2 heterocycles. The van der Waals surface area contributed by atoms with Gasteiger partial charge in [0, 0.05) is 5.39 Å². The zero-order valence-electron chi connectivity index (χ0n) is 13.5. The molecule has 0 saturated carbocycles. The molecule has 0 aliphatic rings. The molecule has 0 radical (unpaired) electrons. The van der Waals surface area contributed by atoms with Gasteiger partial charge in [0.2, 0.25) is 0 Å². The van der Waals surface area contributed by atoms with Gasteiger partial charge in [-0.15, -0.1) is 10.2 Å². The lowest BCUT2D eigenvalue weighted by Crippen LogP contribution is -1.94. The van der Waals surface area contributed by atoms with Gasteiger partial charge in [-0.25, -0.2) is 0 Å². The Labute approximate surface area is 139 Å². The highest BCUT2D eigenvalue weighted by atomic mass is 16.5. The van der Waals surface area contributed by atoms with Crippen LogP contribution in [0.15, 0.2) is 48.8 Å². The number of pyridine rings is 1. The third kappa shape index (κ3) is 2.21. The van der Waals surface area contributed by atoms with Crippen molar-refractivity contribution in [3.63, 3.8) is 0 Å². The van der Waals surface area contributed by atoms with Crippen LogP contribution < -0.4 is 4.74 Å². The van der Waals surface area contributed by atoms with E-state index in [1.54, 1.807) is 13.4 Å². The van der Waals surface area contributed by atoms with Crippen molar-refractivity contribution in [3.8, 4) is 16.9 Å². The molecule has 0 aliphatic heterocycles. The number of nitrogens with zero attached hydrogens (tertiary/aromatic N) is 3. The van der Waals surface area contributed by atoms with E-state index in [0.29, 0.717) is 0 Å². The van der Waals surface area contributed by atoms with Crippen molar-refractivity contribution in [1.29, 1.82) is 0 Å². The van der Waals surface area contributed by atoms with Gasteiger partial charge < -0.3 is 9.84 Å². The molecule has 5 nitrogen and oxygen atoms in total. The number of ether oxygens (including phenoxy) is 1. The lowest BCUT2D eigenvalue weighted by Gasteiger charge is -2.12. The molecule has 0 bridgehead atoms. The molecule has 0 spiro atoms. The second kappa shape index (κ2) is 5.62. The normalized spacial score (nSPS) is 11.3. The molecule has 0 atom stereocenters. The van der Waals surface area contributed by atoms with E-state index in [9.17, 15) is 5.11 Å². The molecule has 4 aromatic rings. The van der Waals surface area contributed by atoms with Gasteiger partial charge in [0.25, 0.3) is 0 Å². The van der Waals surface area contributed by atoms with Crippen LogP contribution >= 0.6 is 0 Å². The highest BCUT2D eigenvalue weighted by Crippen LogP contribution is 2.31. The maximum atomic E-state index is 9.72. The summed E-state index contributed by atoms with van der Waals surface area (Å²) in [6.07, 6.45) is 1.72. The number of aryl methyl sites for hydroxylation is 1. The first-order chi connectivity index (χ1) is 11.7. The molecule has 0 aliphatic carbocycles. The number of benzene rings is 2. The largest absolute Gasteiger partial charge is 0.497 e. The van der Waals surface area contributed by atoms with Gasteiger partial charge in [-0.05, 0) is 53.4 Å². The van der Waals surface area contributed by atoms with Gasteiger partial charge in [0.15, 0.2) is 5.65 Å². The standard InChI is InChI=1S/C19H17N3O2/c1-12-7-19-21-20-11-22(19)18-9-13(3-5-16(12)18)17-6-4-15(24-2)8-14(17)10-23/h3-9,11,23H,10H2,1-2H3. The van der Waals surface area contributed by atoms with Crippen LogP contribution in [0.5, 0.6) is 5.75 Å². The SMILES string of the molecule is COc1ccc(-c2ccc3c(C)cc4nncn4c3c2)c(CO)c1. The number of rotatable bonds is 3. The third-order valence-corrected chi connectivity index (χ3v) is 4.40. The van der Waals surface area contributed by atoms with Gasteiger partial charge in [-0.1, -0.05) is 18.2 Å². The summed E-state index contributed by atoms with van der Waals surface area (Å²) in [4.78, 5) is 0. The average Bonchev–Trinajstić information content (AvgIpc) is 3.09. The molecule has 120 valence electrons. The van der Waals surface area contributed by atoms with Crippen LogP contribution in [-0.4, -0.2) is 26.8 Å². The number of fused-ring (bicyclic) bond motifs is 3. The van der Waals surface area contributed by atoms with Crippen molar-refractivity contribution >= 4 is 16.6 Å². The fraction of sp³-hybridized carbons (Fsp3) is 0.158. The predicted octanol–water partition coefficient (Wildman–Crippen LogP) is 3.36. The predicted molar refractivity (Wildman–Crippen MR) is 93.1 cm³/mol. The van der Waals surface area contributed by atoms with Crippen molar-refractivity contribution in [2.75, 3.05) is 7.11 Å². The van der Waals surface area contributed by atoms with Crippen LogP contribution in [-0.2, 0) is 6.61 Å². The van der Waals surface area contributed by atoms with Crippen molar-refractivity contribution in [2.24, 2.45) is 0 Å². The maximum Gasteiger partial charge on any atom is 0.161 e. The zero-order valence-corrected chi connectivity index (χ0v) is 13.5. The van der Waals surface area contributed by atoms with E-state index in [-0.39, 0.29) is 6.61 Å². The van der Waals surface area contributed by atoms with E-state index in [2.05, 4.69) is 35.3 Å². The zero-order chi connectivity index (χ0) is 16.7. The third-order valence-electron chi connectivity index (χ3n) is 4.40. The summed E-state index contributed by atoms with van der Waals surface area (Å²) in [5.74, 6) is 0.737. The second-order valence-corrected chi connectivity index (χ2v) is 5.80. The number of aliphatic hydroxyl groups excluding tert-OH is 1. The minimum absolute atomic E-state index is 0.0412. The van der Waals surface area contributed by atoms with Gasteiger partial charge in [0.1, 0.15) is 12.1 Å². The number of methoxy groups -OCH3 is 1. The van der Waals surface area contributed by atoms with Gasteiger partial charge in [0.05, 0.1) is 19.2 Å². The monoisotopic (exact) mass is 319 g/mol. The first kappa shape index (κ1) is 14.7. The molecule has 2 aromatic carbocycles. The van der Waals surface area contributed by atoms with E-state index in [0.717, 1.165) is 44.6 Å². The van der Waals surface area contributed by atoms with Gasteiger partial charge in [-0.3, -0.25) is 4.40 Å². The van der Waals surface area contributed by atoms with Crippen molar-refractivity contribution in [3.05, 3.63) is 59.9 Å². The highest BCUT2D eigenvalue weighted by Gasteiger charge is 2.10. The Balaban J connectivity index is 1.98. The first-order valence-corrected chi connectivity index (χ1v) is 7.72. The summed E-state index contributed by atoms with van der Waals surface area (Å²) >= 11 is 0. The highest BCUT2D eigenvalue weighted by molar-refractivity contribution is 5.89. The van der Waals surface area contributed by atoms with E-state index in [1.807, 2.05) is 28.7 Å². The molecule has 5 heteroatoms. The molecule has 0 amide bonds. The maximum absolute atomic E-state index is 9.72. The summed E-state index contributed by atoms with van der Waals surface area (Å²) < 4.78 is 7.23. The van der Waals surface area contributed by atoms with Crippen LogP contribution in [0, 0.1) is 6.92 Å². The summed E-state index contributed by atoms with van der Waals surface area (Å²) in [6, 6.07) is 14.1. The molecule has 0 saturated heterocycles. The topological polar surface area (TPSA) is 59.7 Å². The Morgan fingerprint density at radius 2 is 2.00 bits per heavy atom. The van der Waals surface area contributed by atoms with E-state index < -0.39 is 0 Å². The summed E-state index contributed by atoms with van der Waals surface area (Å²) in [5, 5.41) is 19.0. The number of hydrogen-bond acceptors (Lipinski definition) is 4. The molecule has 1 N–H and O–H groups in total. The summed E-state index contributed by atoms with van der Waals surface area (Å²) in [7, 11) is 1.62. The average molecular weight is 319 g/mol. The fourth-order valence-corrected chi connectivity index (χ4v) is 3.14. The quantitative estimate of drug-likeness (QED) is 0.629. The summed E-state index contributed by atoms with van der Waals surface area (Å²) in [5.41, 5.74) is 5.90. The van der Waals surface area contributed by atoms with E-state index in [4.69, 9.17) is 4.74 Å². The lowest BCUT2D eigenvalue weighted by atomic mass is 9.97. The Hall–Kier alpha value is -2.92. The fourth-order valence-electron chi connectivity index (χ4n) is 3.14. The van der Waals surface area contributed by atoms with Crippen LogP contribution in [0.1, 0.15) is 11.1 Å². The number of aromatic nitrogens is 3. The molecule has 0 unspecified atom stereocenters. The molecular weight excluding hydrogens is 302 g/mol. The van der Waals surface area contributed by atoms with Gasteiger partial charge >= 0.3 is 0 Å². The Morgan fingerprint density at radius 1 is 1.12 bits per heavy atom. The minimum atomic E-state index is -0.0412. The summed E-state index contributed by atoms with van der Waals surface area (Å²) in [6.45, 7) is 2.03. The van der Waals surface area contributed by atoms with Gasteiger partial charge in [-0.2, -0.15) is 0 Å². The Bertz CT molecular complexity index is 1050. The van der Waals surface area contributed by atoms with Crippen LogP contribution in [0.3, 0.4) is 0 Å². The molecule has 0 fully saturated rings. The van der Waals surface area contributed by atoms with Crippen molar-refractivity contribution < 1.29 is 9.84 Å². The lowest BCUT2D eigenvalue weighted by molar-refractivity contribution is 0.281. The first-order valence-electron chi connectivity index (χ1n) is 7.72. The van der Waals surface area contributed by atoms with Crippen LogP contribution in [0.4, 0.5) is 0 Å². The number of hydrogen-bond donors (Lipinski definition) is 1. The second-order valence-electron chi connectivity index (χ2n) is 5.80. The van der Waals surface area contributed by atoms with Crippen LogP contribution in [0.25, 0.3) is 27.7 Å². The van der Waals surface area contributed by atoms with E-state index in [1.165, 1.54) is 0 Å². The minimum Gasteiger partial charge on any atom is -0.497 e. The molecule has 24 heavy (non-hydrogen) atoms. The van der Waals surface area contributed by atoms with Crippen molar-refractivity contribution in [1.82, 2.24) is 14.6 Å². The Kier molecular flexibility index (Phi) is 3.43. The Morgan fingerprint density at radius 3 is 2.79 bits per heavy atom.